The number of hydrogen-bond acceptors (Lipinski definition) is 4. The summed E-state index contributed by atoms with van der Waals surface area (Å²) in [5.41, 5.74) is 11.4. The monoisotopic (exact) mass is 327 g/mol. The molecule has 1 saturated heterocycles. The van der Waals surface area contributed by atoms with Gasteiger partial charge in [0.05, 0.1) is 10.8 Å². The second-order valence-electron chi connectivity index (χ2n) is 4.99. The number of primary amides is 1. The van der Waals surface area contributed by atoms with Crippen molar-refractivity contribution in [3.05, 3.63) is 29.8 Å². The first kappa shape index (κ1) is 15.9. The predicted octanol–water partition coefficient (Wildman–Crippen LogP) is 0.207. The number of nitrogens with two attached hydrogens (primary N) is 2. The van der Waals surface area contributed by atoms with Crippen LogP contribution in [0.25, 0.3) is 0 Å². The number of carbonyl (C=O) groups excluding carboxylic acids is 1. The van der Waals surface area contributed by atoms with Gasteiger partial charge in [-0.25, -0.2) is 8.42 Å². The van der Waals surface area contributed by atoms with Crippen LogP contribution in [0, 0.1) is 5.92 Å². The van der Waals surface area contributed by atoms with Crippen molar-refractivity contribution in [2.45, 2.75) is 17.7 Å². The van der Waals surface area contributed by atoms with Crippen LogP contribution < -0.4 is 11.5 Å². The maximum absolute atomic E-state index is 12.5. The highest BCUT2D eigenvalue weighted by Gasteiger charge is 2.32. The van der Waals surface area contributed by atoms with Crippen LogP contribution in [0.4, 0.5) is 0 Å². The van der Waals surface area contributed by atoms with E-state index in [1.54, 1.807) is 12.1 Å². The van der Waals surface area contributed by atoms with Crippen LogP contribution in [-0.2, 0) is 14.8 Å². The van der Waals surface area contributed by atoms with Crippen molar-refractivity contribution in [3.63, 3.8) is 0 Å². The van der Waals surface area contributed by atoms with E-state index in [0.717, 1.165) is 0 Å². The van der Waals surface area contributed by atoms with Crippen molar-refractivity contribution in [2.24, 2.45) is 17.4 Å². The number of hydrogen-bond donors (Lipinski definition) is 2. The van der Waals surface area contributed by atoms with Crippen LogP contribution in [0.3, 0.4) is 0 Å². The van der Waals surface area contributed by atoms with Gasteiger partial charge in [0.1, 0.15) is 4.99 Å². The Bertz CT molecular complexity index is 656. The summed E-state index contributed by atoms with van der Waals surface area (Å²) in [6, 6.07) is 6.09. The number of benzene rings is 1. The maximum Gasteiger partial charge on any atom is 0.243 e. The number of carbonyl (C=O) groups is 1. The fourth-order valence-corrected chi connectivity index (χ4v) is 3.99. The van der Waals surface area contributed by atoms with Crippen LogP contribution in [0.1, 0.15) is 18.4 Å². The summed E-state index contributed by atoms with van der Waals surface area (Å²) in [7, 11) is -3.63. The summed E-state index contributed by atoms with van der Waals surface area (Å²) in [6.45, 7) is 0.526. The molecule has 114 valence electrons. The summed E-state index contributed by atoms with van der Waals surface area (Å²) in [5, 5.41) is 0. The molecule has 6 nitrogen and oxygen atoms in total. The van der Waals surface area contributed by atoms with Gasteiger partial charge in [-0.2, -0.15) is 4.31 Å². The SMILES string of the molecule is NC(=O)C1CCCN(S(=O)(=O)c2ccc(C(N)=S)cc2)C1. The molecular formula is C13H17N3O3S2. The molecule has 1 atom stereocenters. The van der Waals surface area contributed by atoms with E-state index in [1.807, 2.05) is 0 Å². The van der Waals surface area contributed by atoms with E-state index in [2.05, 4.69) is 0 Å². The lowest BCUT2D eigenvalue weighted by molar-refractivity contribution is -0.122. The molecule has 0 saturated carbocycles. The third-order valence-corrected chi connectivity index (χ3v) is 5.68. The van der Waals surface area contributed by atoms with Gasteiger partial charge < -0.3 is 11.5 Å². The molecule has 21 heavy (non-hydrogen) atoms. The third-order valence-electron chi connectivity index (χ3n) is 3.56. The lowest BCUT2D eigenvalue weighted by Crippen LogP contribution is -2.44. The maximum atomic E-state index is 12.5. The zero-order valence-electron chi connectivity index (χ0n) is 11.4. The number of piperidine rings is 1. The number of nitrogens with zero attached hydrogens (tertiary/aromatic N) is 1. The van der Waals surface area contributed by atoms with Crippen molar-refractivity contribution in [1.29, 1.82) is 0 Å². The van der Waals surface area contributed by atoms with E-state index in [0.29, 0.717) is 24.9 Å². The van der Waals surface area contributed by atoms with E-state index in [4.69, 9.17) is 23.7 Å². The Labute approximate surface area is 129 Å². The quantitative estimate of drug-likeness (QED) is 0.769. The second-order valence-corrected chi connectivity index (χ2v) is 7.37. The number of rotatable bonds is 4. The van der Waals surface area contributed by atoms with E-state index in [9.17, 15) is 13.2 Å². The molecule has 0 aromatic heterocycles. The summed E-state index contributed by atoms with van der Waals surface area (Å²) in [5.74, 6) is -0.886. The molecule has 1 amide bonds. The third kappa shape index (κ3) is 3.39. The highest BCUT2D eigenvalue weighted by molar-refractivity contribution is 7.89. The van der Waals surface area contributed by atoms with E-state index >= 15 is 0 Å². The smallest absolute Gasteiger partial charge is 0.243 e. The molecule has 1 aromatic rings. The van der Waals surface area contributed by atoms with Gasteiger partial charge in [-0.15, -0.1) is 0 Å². The summed E-state index contributed by atoms with van der Waals surface area (Å²) in [6.07, 6.45) is 1.25. The molecule has 0 bridgehead atoms. The van der Waals surface area contributed by atoms with Crippen LogP contribution in [0.5, 0.6) is 0 Å². The molecule has 1 aliphatic rings. The molecule has 8 heteroatoms. The number of sulfonamides is 1. The first-order valence-corrected chi connectivity index (χ1v) is 8.36. The zero-order chi connectivity index (χ0) is 15.6. The Morgan fingerprint density at radius 1 is 1.24 bits per heavy atom. The average Bonchev–Trinajstić information content (AvgIpc) is 2.47. The van der Waals surface area contributed by atoms with Gasteiger partial charge in [-0.05, 0) is 25.0 Å². The zero-order valence-corrected chi connectivity index (χ0v) is 13.0. The van der Waals surface area contributed by atoms with Crippen molar-refractivity contribution >= 4 is 33.1 Å². The van der Waals surface area contributed by atoms with E-state index in [-0.39, 0.29) is 16.4 Å². The van der Waals surface area contributed by atoms with Crippen LogP contribution in [0.15, 0.2) is 29.2 Å². The van der Waals surface area contributed by atoms with Gasteiger partial charge in [0.25, 0.3) is 0 Å². The normalized spacial score (nSPS) is 20.1. The molecule has 1 heterocycles. The van der Waals surface area contributed by atoms with E-state index < -0.39 is 21.8 Å². The predicted molar refractivity (Wildman–Crippen MR) is 83.0 cm³/mol. The van der Waals surface area contributed by atoms with Crippen molar-refractivity contribution in [1.82, 2.24) is 4.31 Å². The summed E-state index contributed by atoms with van der Waals surface area (Å²) >= 11 is 4.83. The molecule has 4 N–H and O–H groups in total. The first-order valence-electron chi connectivity index (χ1n) is 6.51. The van der Waals surface area contributed by atoms with Crippen LogP contribution in [-0.4, -0.2) is 36.7 Å². The highest BCUT2D eigenvalue weighted by Crippen LogP contribution is 2.23. The van der Waals surface area contributed by atoms with Crippen molar-refractivity contribution in [3.8, 4) is 0 Å². The minimum Gasteiger partial charge on any atom is -0.389 e. The summed E-state index contributed by atoms with van der Waals surface area (Å²) < 4.78 is 26.4. The van der Waals surface area contributed by atoms with Crippen molar-refractivity contribution < 1.29 is 13.2 Å². The topological polar surface area (TPSA) is 106 Å². The molecule has 1 unspecified atom stereocenters. The fourth-order valence-electron chi connectivity index (χ4n) is 2.33. The lowest BCUT2D eigenvalue weighted by atomic mass is 9.99. The Morgan fingerprint density at radius 2 is 1.86 bits per heavy atom. The minimum absolute atomic E-state index is 0.134. The second kappa shape index (κ2) is 6.08. The van der Waals surface area contributed by atoms with Gasteiger partial charge in [0, 0.05) is 18.7 Å². The Balaban J connectivity index is 2.24. The standard InChI is InChI=1S/C13H17N3O3S2/c14-12(17)10-2-1-7-16(8-10)21(18,19)11-5-3-9(4-6-11)13(15)20/h3-6,10H,1-2,7-8H2,(H2,14,17)(H2,15,20). The highest BCUT2D eigenvalue weighted by atomic mass is 32.2. The largest absolute Gasteiger partial charge is 0.389 e. The Kier molecular flexibility index (Phi) is 4.60. The molecule has 2 rings (SSSR count). The van der Waals surface area contributed by atoms with Gasteiger partial charge in [-0.1, -0.05) is 24.4 Å². The van der Waals surface area contributed by atoms with Crippen molar-refractivity contribution in [2.75, 3.05) is 13.1 Å². The minimum atomic E-state index is -3.63. The van der Waals surface area contributed by atoms with Gasteiger partial charge in [0.2, 0.25) is 15.9 Å². The average molecular weight is 327 g/mol. The van der Waals surface area contributed by atoms with E-state index in [1.165, 1.54) is 16.4 Å². The van der Waals surface area contributed by atoms with Gasteiger partial charge >= 0.3 is 0 Å². The molecule has 0 radical (unpaired) electrons. The Hall–Kier alpha value is -1.51. The molecule has 0 aliphatic carbocycles. The molecule has 1 aliphatic heterocycles. The molecule has 1 fully saturated rings. The van der Waals surface area contributed by atoms with Gasteiger partial charge in [0.15, 0.2) is 0 Å². The van der Waals surface area contributed by atoms with Crippen LogP contribution >= 0.6 is 12.2 Å². The first-order chi connectivity index (χ1) is 9.82. The molecule has 0 spiro atoms. The van der Waals surface area contributed by atoms with Crippen LogP contribution in [0.2, 0.25) is 0 Å². The molecule has 1 aromatic carbocycles. The number of thiocarbonyl (C=S) groups is 1. The Morgan fingerprint density at radius 3 is 2.38 bits per heavy atom. The lowest BCUT2D eigenvalue weighted by Gasteiger charge is -2.30. The fraction of sp³-hybridized carbons (Fsp3) is 0.385. The number of amides is 1. The van der Waals surface area contributed by atoms with Gasteiger partial charge in [-0.3, -0.25) is 4.79 Å². The molecular weight excluding hydrogens is 310 g/mol. The summed E-state index contributed by atoms with van der Waals surface area (Å²) in [4.78, 5) is 11.6.